The molecule has 2 aliphatic carbocycles. The number of nitrogens with one attached hydrogen (secondary N) is 1. The van der Waals surface area contributed by atoms with Gasteiger partial charge in [0.25, 0.3) is 11.8 Å². The van der Waals surface area contributed by atoms with Crippen molar-refractivity contribution in [3.63, 3.8) is 0 Å². The van der Waals surface area contributed by atoms with Crippen LogP contribution in [0.5, 0.6) is 11.5 Å². The smallest absolute Gasteiger partial charge is 0.488 e. The number of amides is 4. The van der Waals surface area contributed by atoms with Gasteiger partial charge in [0.15, 0.2) is 11.5 Å². The Morgan fingerprint density at radius 1 is 0.926 bits per heavy atom. The van der Waals surface area contributed by atoms with E-state index in [9.17, 15) is 33.9 Å². The molecule has 1 saturated carbocycles. The van der Waals surface area contributed by atoms with Crippen molar-refractivity contribution in [3.05, 3.63) is 125 Å². The summed E-state index contributed by atoms with van der Waals surface area (Å²) in [5.41, 5.74) is 3.11. The summed E-state index contributed by atoms with van der Waals surface area (Å²) >= 11 is 6.36. The number of rotatable bonds is 8. The van der Waals surface area contributed by atoms with Gasteiger partial charge in [-0.3, -0.25) is 29.5 Å². The lowest BCUT2D eigenvalue weighted by Crippen LogP contribution is -2.53. The molecule has 14 heteroatoms. The zero-order valence-corrected chi connectivity index (χ0v) is 29.6. The zero-order chi connectivity index (χ0) is 38.1. The maximum atomic E-state index is 15.3. The number of aromatic hydroxyl groups is 1. The first-order valence-corrected chi connectivity index (χ1v) is 18.0. The van der Waals surface area contributed by atoms with Crippen LogP contribution in [0.15, 0.2) is 103 Å². The van der Waals surface area contributed by atoms with Crippen molar-refractivity contribution in [2.24, 2.45) is 23.7 Å². The lowest BCUT2D eigenvalue weighted by molar-refractivity contribution is -0.138. The second-order valence-corrected chi connectivity index (χ2v) is 14.4. The molecule has 0 aromatic heterocycles. The number of para-hydroxylation sites is 1. The van der Waals surface area contributed by atoms with E-state index in [2.05, 4.69) is 5.43 Å². The van der Waals surface area contributed by atoms with Crippen LogP contribution in [0.4, 0.5) is 15.8 Å². The number of phenolic OH excluding ortho intramolecular Hbond substituents is 1. The Labute approximate surface area is 314 Å². The third-order valence-electron chi connectivity index (χ3n) is 11.3. The van der Waals surface area contributed by atoms with Crippen LogP contribution in [-0.4, -0.2) is 57.5 Å². The highest BCUT2D eigenvalue weighted by Gasteiger charge is 2.70. The lowest BCUT2D eigenvalue weighted by Gasteiger charge is -2.50. The normalized spacial score (nSPS) is 25.9. The minimum absolute atomic E-state index is 0.00748. The number of hydrazine groups is 1. The minimum Gasteiger partial charge on any atom is -0.504 e. The molecular formula is C40H34BClFN3O8. The molecule has 4 amide bonds. The maximum Gasteiger partial charge on any atom is 0.488 e. The standard InChI is InChI=1S/C40H34BClFN3O8/c1-2-54-32-8-4-7-29(35(32)47)34-27-17-18-28-33(38(50)45(36(28)48)26-6-3-5-22(19-26)41(52)53)30(27)20-31-37(49)46(44-25-15-13-24(43)14-16-25)39(51)40(31,34)21-9-11-23(42)12-10-21/h3-17,19,28,30-31,33-34,44,47,52-53H,2,18,20H2,1H3. The van der Waals surface area contributed by atoms with E-state index in [1.165, 1.54) is 48.5 Å². The van der Waals surface area contributed by atoms with E-state index in [0.717, 1.165) is 9.91 Å². The number of carbonyl (C=O) groups is 4. The molecule has 11 nitrogen and oxygen atoms in total. The molecule has 4 aromatic rings. The molecule has 0 bridgehead atoms. The molecule has 6 unspecified atom stereocenters. The maximum absolute atomic E-state index is 15.3. The van der Waals surface area contributed by atoms with E-state index in [-0.39, 0.29) is 47.8 Å². The molecular weight excluding hydrogens is 716 g/mol. The van der Waals surface area contributed by atoms with Gasteiger partial charge in [0.05, 0.1) is 41.2 Å². The number of fused-ring (bicyclic) bond motifs is 4. The number of ether oxygens (including phenoxy) is 1. The van der Waals surface area contributed by atoms with Crippen molar-refractivity contribution in [2.75, 3.05) is 16.9 Å². The summed E-state index contributed by atoms with van der Waals surface area (Å²) in [5.74, 6) is -7.44. The number of hydrogen-bond acceptors (Lipinski definition) is 9. The number of anilines is 2. The fourth-order valence-electron chi connectivity index (χ4n) is 9.12. The van der Waals surface area contributed by atoms with Crippen molar-refractivity contribution >= 4 is 59.2 Å². The van der Waals surface area contributed by atoms with E-state index >= 15 is 4.79 Å². The fourth-order valence-corrected chi connectivity index (χ4v) is 9.25. The SMILES string of the molecule is CCOc1cccc(C2C3=CCC4C(=O)N(c5cccc(B(O)O)c5)C(=O)C4C3CC3C(=O)N(Nc4ccc(F)cc4)C(=O)C32c2ccc(Cl)cc2)c1O. The zero-order valence-electron chi connectivity index (χ0n) is 28.9. The van der Waals surface area contributed by atoms with E-state index in [1.807, 2.05) is 6.08 Å². The first-order valence-electron chi connectivity index (χ1n) is 17.6. The molecule has 4 aliphatic rings. The Morgan fingerprint density at radius 3 is 2.35 bits per heavy atom. The van der Waals surface area contributed by atoms with Crippen molar-refractivity contribution in [1.29, 1.82) is 0 Å². The summed E-state index contributed by atoms with van der Waals surface area (Å²) in [5, 5.41) is 32.9. The minimum atomic E-state index is -1.83. The molecule has 2 heterocycles. The van der Waals surface area contributed by atoms with E-state index in [0.29, 0.717) is 21.7 Å². The number of nitrogens with zero attached hydrogens (tertiary/aromatic N) is 2. The van der Waals surface area contributed by atoms with Crippen LogP contribution in [0.2, 0.25) is 5.02 Å². The van der Waals surface area contributed by atoms with Gasteiger partial charge < -0.3 is 19.9 Å². The number of carbonyl (C=O) groups excluding carboxylic acids is 4. The van der Waals surface area contributed by atoms with Gasteiger partial charge in [-0.25, -0.2) is 4.39 Å². The number of phenols is 1. The topological polar surface area (TPSA) is 157 Å². The summed E-state index contributed by atoms with van der Waals surface area (Å²) < 4.78 is 19.7. The van der Waals surface area contributed by atoms with Crippen LogP contribution in [0.1, 0.15) is 36.8 Å². The van der Waals surface area contributed by atoms with Crippen LogP contribution in [0, 0.1) is 29.5 Å². The molecule has 3 fully saturated rings. The van der Waals surface area contributed by atoms with Crippen molar-refractivity contribution < 1.29 is 43.5 Å². The number of allylic oxidation sites excluding steroid dienone is 2. The van der Waals surface area contributed by atoms with Gasteiger partial charge in [0.2, 0.25) is 11.8 Å². The number of benzene rings is 4. The predicted molar refractivity (Wildman–Crippen MR) is 197 cm³/mol. The van der Waals surface area contributed by atoms with Crippen LogP contribution in [0.3, 0.4) is 0 Å². The first-order chi connectivity index (χ1) is 26.0. The number of hydrogen-bond donors (Lipinski definition) is 4. The lowest BCUT2D eigenvalue weighted by atomic mass is 9.49. The molecule has 2 aliphatic heterocycles. The largest absolute Gasteiger partial charge is 0.504 e. The summed E-state index contributed by atoms with van der Waals surface area (Å²) in [4.78, 5) is 59.8. The molecule has 274 valence electrons. The van der Waals surface area contributed by atoms with Gasteiger partial charge in [-0.05, 0) is 91.3 Å². The Kier molecular flexibility index (Phi) is 8.83. The molecule has 8 rings (SSSR count). The number of halogens is 2. The first kappa shape index (κ1) is 35.5. The highest BCUT2D eigenvalue weighted by Crippen LogP contribution is 2.65. The highest BCUT2D eigenvalue weighted by molar-refractivity contribution is 6.58. The van der Waals surface area contributed by atoms with Crippen molar-refractivity contribution in [3.8, 4) is 11.5 Å². The van der Waals surface area contributed by atoms with Gasteiger partial charge in [-0.1, -0.05) is 59.6 Å². The van der Waals surface area contributed by atoms with E-state index in [1.54, 1.807) is 49.4 Å². The Bertz CT molecular complexity index is 2230. The summed E-state index contributed by atoms with van der Waals surface area (Å²) in [6.45, 7) is 2.00. The molecule has 2 saturated heterocycles. The van der Waals surface area contributed by atoms with Crippen LogP contribution in [-0.2, 0) is 24.6 Å². The van der Waals surface area contributed by atoms with Crippen molar-refractivity contribution in [2.45, 2.75) is 31.1 Å². The quantitative estimate of drug-likeness (QED) is 0.116. The molecule has 4 N–H and O–H groups in total. The van der Waals surface area contributed by atoms with Gasteiger partial charge >= 0.3 is 7.12 Å². The van der Waals surface area contributed by atoms with E-state index < -0.39 is 71.6 Å². The molecule has 54 heavy (non-hydrogen) atoms. The van der Waals surface area contributed by atoms with Crippen LogP contribution in [0.25, 0.3) is 0 Å². The summed E-state index contributed by atoms with van der Waals surface area (Å²) in [7, 11) is -1.83. The van der Waals surface area contributed by atoms with Gasteiger partial charge in [0, 0.05) is 16.5 Å². The van der Waals surface area contributed by atoms with Gasteiger partial charge in [0.1, 0.15) is 5.82 Å². The van der Waals surface area contributed by atoms with E-state index in [4.69, 9.17) is 16.3 Å². The van der Waals surface area contributed by atoms with Crippen molar-refractivity contribution in [1.82, 2.24) is 5.01 Å². The fraction of sp³-hybridized carbons (Fsp3) is 0.250. The Morgan fingerprint density at radius 2 is 1.65 bits per heavy atom. The third kappa shape index (κ3) is 5.32. The second-order valence-electron chi connectivity index (χ2n) is 14.0. The summed E-state index contributed by atoms with van der Waals surface area (Å²) in [6, 6.07) is 22.6. The monoisotopic (exact) mass is 749 g/mol. The molecule has 6 atom stereocenters. The Hall–Kier alpha value is -5.50. The predicted octanol–water partition coefficient (Wildman–Crippen LogP) is 4.45. The third-order valence-corrected chi connectivity index (χ3v) is 11.6. The van der Waals surface area contributed by atoms with Gasteiger partial charge in [-0.15, -0.1) is 0 Å². The molecule has 4 aromatic carbocycles. The number of imide groups is 2. The van der Waals surface area contributed by atoms with Crippen LogP contribution >= 0.6 is 11.6 Å². The average molecular weight is 750 g/mol. The Balaban J connectivity index is 1.33. The highest BCUT2D eigenvalue weighted by atomic mass is 35.5. The average Bonchev–Trinajstić information content (AvgIpc) is 3.54. The van der Waals surface area contributed by atoms with Gasteiger partial charge in [-0.2, -0.15) is 5.01 Å². The van der Waals surface area contributed by atoms with Crippen LogP contribution < -0.4 is 20.5 Å². The molecule has 0 radical (unpaired) electrons. The molecule has 0 spiro atoms. The summed E-state index contributed by atoms with van der Waals surface area (Å²) in [6.07, 6.45) is 1.98. The second kappa shape index (κ2) is 13.4.